The van der Waals surface area contributed by atoms with E-state index < -0.39 is 31.9 Å². The Morgan fingerprint density at radius 1 is 1.32 bits per heavy atom. The number of carbonyl (C=O) groups is 1. The number of nitrogens with one attached hydrogen (secondary N) is 3. The molecule has 1 saturated carbocycles. The molecule has 3 N–H and O–H groups in total. The zero-order valence-electron chi connectivity index (χ0n) is 18.8. The Kier molecular flexibility index (Phi) is 7.02. The monoisotopic (exact) mass is 483 g/mol. The van der Waals surface area contributed by atoms with E-state index in [1.54, 1.807) is 31.2 Å². The number of amides is 1. The van der Waals surface area contributed by atoms with E-state index in [9.17, 15) is 18.0 Å². The third-order valence-corrected chi connectivity index (χ3v) is 8.53. The summed E-state index contributed by atoms with van der Waals surface area (Å²) in [4.78, 5) is 25.5. The van der Waals surface area contributed by atoms with E-state index >= 15 is 0 Å². The third kappa shape index (κ3) is 4.77. The lowest BCUT2D eigenvalue weighted by Gasteiger charge is -2.19. The van der Waals surface area contributed by atoms with Gasteiger partial charge in [-0.15, -0.1) is 0 Å². The zero-order chi connectivity index (χ0) is 25.1. The van der Waals surface area contributed by atoms with Crippen LogP contribution in [0, 0.1) is 22.1 Å². The van der Waals surface area contributed by atoms with Crippen molar-refractivity contribution in [3.05, 3.63) is 68.6 Å². The number of hydrogen-bond donors (Lipinski definition) is 3. The van der Waals surface area contributed by atoms with Crippen molar-refractivity contribution in [1.29, 1.82) is 16.1 Å². The molecule has 34 heavy (non-hydrogen) atoms. The van der Waals surface area contributed by atoms with Crippen molar-refractivity contribution < 1.29 is 17.9 Å². The number of ether oxygens (including phenoxy) is 1. The van der Waals surface area contributed by atoms with E-state index in [-0.39, 0.29) is 35.7 Å². The van der Waals surface area contributed by atoms with Crippen LogP contribution in [0.15, 0.2) is 35.1 Å². The van der Waals surface area contributed by atoms with Gasteiger partial charge in [-0.1, -0.05) is 19.1 Å². The SMILES string of the molecule is CCS(=O)(=O)C1(COC(=N)c2c(C=N)cc(C(=O)NCc3ccc(C#N)cc3)c(=O)n2C)CC1. The Balaban J connectivity index is 1.79. The zero-order valence-corrected chi connectivity index (χ0v) is 19.7. The summed E-state index contributed by atoms with van der Waals surface area (Å²) in [5.74, 6) is -1.13. The van der Waals surface area contributed by atoms with Crippen LogP contribution in [0.5, 0.6) is 0 Å². The van der Waals surface area contributed by atoms with E-state index in [0.717, 1.165) is 16.3 Å². The fourth-order valence-corrected chi connectivity index (χ4v) is 5.13. The van der Waals surface area contributed by atoms with Gasteiger partial charge in [-0.05, 0) is 36.6 Å². The standard InChI is InChI=1S/C23H25N5O5S/c1-3-34(31,32)23(8-9-23)14-33-20(26)19-17(12-25)10-18(22(30)28(19)2)21(29)27-13-16-6-4-15(11-24)5-7-16/h4-7,10,12,25-26H,3,8-9,13-14H2,1-2H3,(H,27,29). The molecule has 1 aliphatic carbocycles. The molecule has 1 heterocycles. The average Bonchev–Trinajstić information content (AvgIpc) is 3.64. The molecule has 178 valence electrons. The quantitative estimate of drug-likeness (QED) is 0.361. The van der Waals surface area contributed by atoms with Crippen molar-refractivity contribution in [2.45, 2.75) is 31.1 Å². The van der Waals surface area contributed by atoms with Gasteiger partial charge >= 0.3 is 0 Å². The fourth-order valence-electron chi connectivity index (χ4n) is 3.56. The number of hydrogen-bond acceptors (Lipinski definition) is 8. The van der Waals surface area contributed by atoms with Gasteiger partial charge in [-0.25, -0.2) is 8.42 Å². The van der Waals surface area contributed by atoms with Crippen LogP contribution in [0.2, 0.25) is 0 Å². The number of aromatic nitrogens is 1. The maximum atomic E-state index is 12.9. The van der Waals surface area contributed by atoms with Crippen LogP contribution in [0.25, 0.3) is 0 Å². The minimum atomic E-state index is -3.35. The van der Waals surface area contributed by atoms with Gasteiger partial charge in [-0.3, -0.25) is 15.0 Å². The fraction of sp³-hybridized carbons (Fsp3) is 0.348. The maximum Gasteiger partial charge on any atom is 0.263 e. The first kappa shape index (κ1) is 24.9. The summed E-state index contributed by atoms with van der Waals surface area (Å²) in [6.07, 6.45) is 1.80. The first-order chi connectivity index (χ1) is 16.1. The summed E-state index contributed by atoms with van der Waals surface area (Å²) >= 11 is 0. The molecule has 1 aromatic carbocycles. The van der Waals surface area contributed by atoms with Crippen molar-refractivity contribution in [2.75, 3.05) is 12.4 Å². The van der Waals surface area contributed by atoms with E-state index in [1.807, 2.05) is 6.07 Å². The largest absolute Gasteiger partial charge is 0.475 e. The molecule has 1 amide bonds. The normalized spacial score (nSPS) is 14.0. The van der Waals surface area contributed by atoms with E-state index in [2.05, 4.69) is 5.32 Å². The molecule has 2 aromatic rings. The van der Waals surface area contributed by atoms with Crippen LogP contribution in [0.1, 0.15) is 52.5 Å². The molecule has 0 unspecified atom stereocenters. The predicted octanol–water partition coefficient (Wildman–Crippen LogP) is 1.49. The van der Waals surface area contributed by atoms with E-state index in [1.165, 1.54) is 13.1 Å². The Labute approximate surface area is 197 Å². The Morgan fingerprint density at radius 3 is 2.50 bits per heavy atom. The molecular formula is C23H25N5O5S. The van der Waals surface area contributed by atoms with Gasteiger partial charge in [0.05, 0.1) is 11.6 Å². The Hall–Kier alpha value is -3.78. The molecule has 3 rings (SSSR count). The lowest BCUT2D eigenvalue weighted by molar-refractivity contribution is 0.0948. The number of nitrogens with zero attached hydrogens (tertiary/aromatic N) is 2. The number of sulfone groups is 1. The van der Waals surface area contributed by atoms with Gasteiger partial charge in [0.1, 0.15) is 22.6 Å². The van der Waals surface area contributed by atoms with Crippen LogP contribution >= 0.6 is 0 Å². The number of nitriles is 1. The van der Waals surface area contributed by atoms with Gasteiger partial charge in [0.15, 0.2) is 9.84 Å². The minimum Gasteiger partial charge on any atom is -0.475 e. The van der Waals surface area contributed by atoms with Crippen LogP contribution in [-0.2, 0) is 28.2 Å². The Bertz CT molecular complexity index is 1350. The highest BCUT2D eigenvalue weighted by atomic mass is 32.2. The summed E-state index contributed by atoms with van der Waals surface area (Å²) in [7, 11) is -2.00. The molecule has 1 fully saturated rings. The molecule has 0 saturated heterocycles. The molecule has 0 atom stereocenters. The molecule has 1 aliphatic rings. The molecule has 0 radical (unpaired) electrons. The minimum absolute atomic E-state index is 0.0201. The second-order valence-electron chi connectivity index (χ2n) is 8.07. The van der Waals surface area contributed by atoms with Gasteiger partial charge in [-0.2, -0.15) is 5.26 Å². The number of carbonyl (C=O) groups excluding carboxylic acids is 1. The molecular weight excluding hydrogens is 458 g/mol. The number of rotatable bonds is 9. The summed E-state index contributed by atoms with van der Waals surface area (Å²) < 4.78 is 30.1. The van der Waals surface area contributed by atoms with Crippen LogP contribution < -0.4 is 10.9 Å². The van der Waals surface area contributed by atoms with Gasteiger partial charge in [0.2, 0.25) is 5.90 Å². The summed E-state index contributed by atoms with van der Waals surface area (Å²) in [6.45, 7) is 1.48. The van der Waals surface area contributed by atoms with Gasteiger partial charge in [0.25, 0.3) is 11.5 Å². The first-order valence-corrected chi connectivity index (χ1v) is 12.2. The van der Waals surface area contributed by atoms with Crippen molar-refractivity contribution in [3.8, 4) is 6.07 Å². The van der Waals surface area contributed by atoms with E-state index in [0.29, 0.717) is 18.4 Å². The summed E-state index contributed by atoms with van der Waals surface area (Å²) in [5.41, 5.74) is 0.415. The second kappa shape index (κ2) is 9.61. The molecule has 1 aromatic heterocycles. The van der Waals surface area contributed by atoms with Crippen molar-refractivity contribution in [2.24, 2.45) is 7.05 Å². The summed E-state index contributed by atoms with van der Waals surface area (Å²) in [6, 6.07) is 9.83. The van der Waals surface area contributed by atoms with Crippen molar-refractivity contribution in [3.63, 3.8) is 0 Å². The highest BCUT2D eigenvalue weighted by molar-refractivity contribution is 7.93. The number of pyridine rings is 1. The first-order valence-electron chi connectivity index (χ1n) is 10.5. The van der Waals surface area contributed by atoms with E-state index in [4.69, 9.17) is 20.8 Å². The molecule has 10 nitrogen and oxygen atoms in total. The highest BCUT2D eigenvalue weighted by Crippen LogP contribution is 2.44. The van der Waals surface area contributed by atoms with Crippen LogP contribution in [0.4, 0.5) is 0 Å². The van der Waals surface area contributed by atoms with Crippen LogP contribution in [0.3, 0.4) is 0 Å². The second-order valence-corrected chi connectivity index (χ2v) is 10.7. The molecule has 0 bridgehead atoms. The number of benzene rings is 1. The maximum absolute atomic E-state index is 12.9. The molecule has 0 spiro atoms. The Morgan fingerprint density at radius 2 is 1.97 bits per heavy atom. The molecule has 0 aliphatic heterocycles. The van der Waals surface area contributed by atoms with Crippen molar-refractivity contribution >= 4 is 27.9 Å². The average molecular weight is 484 g/mol. The molecule has 11 heteroatoms. The van der Waals surface area contributed by atoms with Crippen molar-refractivity contribution in [1.82, 2.24) is 9.88 Å². The van der Waals surface area contributed by atoms with Crippen LogP contribution in [-0.4, -0.2) is 48.1 Å². The topological polar surface area (TPSA) is 166 Å². The van der Waals surface area contributed by atoms with Gasteiger partial charge in [0, 0.05) is 31.1 Å². The van der Waals surface area contributed by atoms with Gasteiger partial charge < -0.3 is 20.0 Å². The third-order valence-electron chi connectivity index (χ3n) is 5.92. The highest BCUT2D eigenvalue weighted by Gasteiger charge is 2.54. The predicted molar refractivity (Wildman–Crippen MR) is 126 cm³/mol. The summed E-state index contributed by atoms with van der Waals surface area (Å²) in [5, 5.41) is 27.5. The lowest BCUT2D eigenvalue weighted by Crippen LogP contribution is -2.36. The smallest absolute Gasteiger partial charge is 0.263 e. The lowest BCUT2D eigenvalue weighted by atomic mass is 10.1.